The van der Waals surface area contributed by atoms with Crippen LogP contribution in [0.4, 0.5) is 0 Å². The van der Waals surface area contributed by atoms with Crippen LogP contribution in [-0.2, 0) is 14.3 Å². The van der Waals surface area contributed by atoms with Gasteiger partial charge in [-0.3, -0.25) is 9.59 Å². The number of ether oxygens (including phenoxy) is 1. The number of hydrogen-bond acceptors (Lipinski definition) is 3. The molecule has 0 radical (unpaired) electrons. The quantitative estimate of drug-likeness (QED) is 0.685. The second kappa shape index (κ2) is 7.08. The molecule has 0 aliphatic heterocycles. The first-order chi connectivity index (χ1) is 12.8. The van der Waals surface area contributed by atoms with Crippen LogP contribution in [0.2, 0.25) is 0 Å². The van der Waals surface area contributed by atoms with Gasteiger partial charge in [-0.15, -0.1) is 0 Å². The van der Waals surface area contributed by atoms with E-state index in [0.717, 1.165) is 30.6 Å². The highest BCUT2D eigenvalue weighted by molar-refractivity contribution is 5.76. The minimum absolute atomic E-state index is 0.00160. The number of carboxylic acid groups (broad SMARTS) is 1. The lowest BCUT2D eigenvalue weighted by atomic mass is 9.45. The Balaban J connectivity index is 1.46. The zero-order valence-corrected chi connectivity index (χ0v) is 17.0. The van der Waals surface area contributed by atoms with Crippen molar-refractivity contribution in [3.63, 3.8) is 0 Å². The second-order valence-electron chi connectivity index (χ2n) is 10.4. The van der Waals surface area contributed by atoms with Gasteiger partial charge in [0.05, 0.1) is 12.8 Å². The first-order valence-corrected chi connectivity index (χ1v) is 11.3. The number of hydrogen-bond donors (Lipinski definition) is 1. The van der Waals surface area contributed by atoms with Gasteiger partial charge in [0.15, 0.2) is 0 Å². The Morgan fingerprint density at radius 1 is 0.889 bits per heavy atom. The van der Waals surface area contributed by atoms with Gasteiger partial charge in [-0.1, -0.05) is 26.7 Å². The zero-order chi connectivity index (χ0) is 19.2. The molecule has 1 N–H and O–H groups in total. The summed E-state index contributed by atoms with van der Waals surface area (Å²) in [4.78, 5) is 22.9. The Kier molecular flexibility index (Phi) is 5.05. The van der Waals surface area contributed by atoms with Gasteiger partial charge < -0.3 is 9.84 Å². The molecule has 0 aromatic carbocycles. The molecule has 152 valence electrons. The van der Waals surface area contributed by atoms with Gasteiger partial charge in [0.2, 0.25) is 0 Å². The summed E-state index contributed by atoms with van der Waals surface area (Å²) in [5.74, 6) is 2.01. The lowest BCUT2D eigenvalue weighted by molar-refractivity contribution is -0.164. The third kappa shape index (κ3) is 3.21. The maximum Gasteiger partial charge on any atom is 0.306 e. The van der Waals surface area contributed by atoms with Gasteiger partial charge >= 0.3 is 11.9 Å². The minimum atomic E-state index is -0.930. The Morgan fingerprint density at radius 3 is 2.44 bits per heavy atom. The van der Waals surface area contributed by atoms with E-state index >= 15 is 0 Å². The highest BCUT2D eigenvalue weighted by atomic mass is 16.5. The summed E-state index contributed by atoms with van der Waals surface area (Å²) in [6, 6.07) is 0. The summed E-state index contributed by atoms with van der Waals surface area (Å²) in [5, 5.41) is 8.80. The molecule has 27 heavy (non-hydrogen) atoms. The van der Waals surface area contributed by atoms with E-state index in [1.54, 1.807) is 0 Å². The minimum Gasteiger partial charge on any atom is -0.481 e. The molecule has 4 rings (SSSR count). The fourth-order valence-electron chi connectivity index (χ4n) is 7.87. The molecule has 0 amide bonds. The van der Waals surface area contributed by atoms with E-state index in [2.05, 4.69) is 13.8 Å². The summed E-state index contributed by atoms with van der Waals surface area (Å²) in [7, 11) is 0. The van der Waals surface area contributed by atoms with Crippen LogP contribution < -0.4 is 0 Å². The summed E-state index contributed by atoms with van der Waals surface area (Å²) in [6.07, 6.45) is 12.9. The molecule has 0 heterocycles. The van der Waals surface area contributed by atoms with E-state index in [4.69, 9.17) is 9.84 Å². The Hall–Kier alpha value is -1.06. The summed E-state index contributed by atoms with van der Waals surface area (Å²) in [6.45, 7) is 4.94. The van der Waals surface area contributed by atoms with Crippen LogP contribution in [0, 0.1) is 34.5 Å². The normalized spacial score (nSPS) is 46.1. The van der Waals surface area contributed by atoms with Crippen LogP contribution in [-0.4, -0.2) is 23.1 Å². The molecule has 0 unspecified atom stereocenters. The first kappa shape index (κ1) is 19.3. The molecule has 0 bridgehead atoms. The molecule has 0 aromatic heterocycles. The molecule has 0 saturated heterocycles. The van der Waals surface area contributed by atoms with Crippen LogP contribution in [0.5, 0.6) is 0 Å². The third-order valence-electron chi connectivity index (χ3n) is 9.31. The standard InChI is InChI=1S/C23H36O4/c1-22-13-4-3-5-15(22)6-7-16-17-8-9-19(23(17,2)14-12-18(16)22)27-21(26)11-10-20(24)25/h15-19H,3-14H2,1-2H3,(H,24,25)/t15-,16-,17+,18-,19-,22-,23-/m0/s1. The summed E-state index contributed by atoms with van der Waals surface area (Å²) in [5.41, 5.74) is 0.636. The topological polar surface area (TPSA) is 63.6 Å². The predicted octanol–water partition coefficient (Wildman–Crippen LogP) is 5.20. The Bertz CT molecular complexity index is 601. The highest BCUT2D eigenvalue weighted by Crippen LogP contribution is 2.66. The molecular formula is C23H36O4. The molecule has 4 aliphatic carbocycles. The van der Waals surface area contributed by atoms with Gasteiger partial charge in [0.25, 0.3) is 0 Å². The molecule has 4 nitrogen and oxygen atoms in total. The maximum atomic E-state index is 12.2. The first-order valence-electron chi connectivity index (χ1n) is 11.3. The fourth-order valence-corrected chi connectivity index (χ4v) is 7.87. The van der Waals surface area contributed by atoms with E-state index in [9.17, 15) is 9.59 Å². The fraction of sp³-hybridized carbons (Fsp3) is 0.913. The molecule has 0 spiro atoms. The molecule has 4 heteroatoms. The number of aliphatic carboxylic acids is 1. The van der Waals surface area contributed by atoms with Crippen molar-refractivity contribution in [2.45, 2.75) is 97.0 Å². The molecule has 4 fully saturated rings. The third-order valence-corrected chi connectivity index (χ3v) is 9.31. The largest absolute Gasteiger partial charge is 0.481 e. The van der Waals surface area contributed by atoms with Gasteiger partial charge in [-0.2, -0.15) is 0 Å². The van der Waals surface area contributed by atoms with Crippen molar-refractivity contribution in [3.05, 3.63) is 0 Å². The molecule has 4 aliphatic rings. The molecule has 7 atom stereocenters. The number of carboxylic acids is 1. The van der Waals surface area contributed by atoms with Crippen molar-refractivity contribution in [2.75, 3.05) is 0 Å². The van der Waals surface area contributed by atoms with Crippen molar-refractivity contribution < 1.29 is 19.4 Å². The van der Waals surface area contributed by atoms with Crippen molar-refractivity contribution in [1.29, 1.82) is 0 Å². The van der Waals surface area contributed by atoms with Crippen molar-refractivity contribution in [1.82, 2.24) is 0 Å². The number of fused-ring (bicyclic) bond motifs is 5. The van der Waals surface area contributed by atoms with E-state index in [1.165, 1.54) is 51.4 Å². The molecular weight excluding hydrogens is 340 g/mol. The van der Waals surface area contributed by atoms with Gasteiger partial charge in [0.1, 0.15) is 6.10 Å². The SMILES string of the molecule is C[C@]12CCCC[C@H]1CC[C@H]1[C@H]3CC[C@H](OC(=O)CCC(=O)O)[C@@]3(C)CC[C@@H]12. The Morgan fingerprint density at radius 2 is 1.67 bits per heavy atom. The van der Waals surface area contributed by atoms with Crippen molar-refractivity contribution in [2.24, 2.45) is 34.5 Å². The highest BCUT2D eigenvalue weighted by Gasteiger charge is 2.60. The average Bonchev–Trinajstić information content (AvgIpc) is 2.96. The molecule has 0 aromatic rings. The predicted molar refractivity (Wildman–Crippen MR) is 103 cm³/mol. The number of carbonyl (C=O) groups excluding carboxylic acids is 1. The van der Waals surface area contributed by atoms with E-state index in [0.29, 0.717) is 11.3 Å². The maximum absolute atomic E-state index is 12.2. The van der Waals surface area contributed by atoms with Gasteiger partial charge in [-0.05, 0) is 80.5 Å². The van der Waals surface area contributed by atoms with E-state index < -0.39 is 5.97 Å². The summed E-state index contributed by atoms with van der Waals surface area (Å²) >= 11 is 0. The van der Waals surface area contributed by atoms with Crippen molar-refractivity contribution in [3.8, 4) is 0 Å². The lowest BCUT2D eigenvalue weighted by Crippen LogP contribution is -2.53. The number of carbonyl (C=O) groups is 2. The zero-order valence-electron chi connectivity index (χ0n) is 17.0. The molecule has 4 saturated carbocycles. The van der Waals surface area contributed by atoms with Gasteiger partial charge in [-0.25, -0.2) is 0 Å². The van der Waals surface area contributed by atoms with Crippen LogP contribution >= 0.6 is 0 Å². The average molecular weight is 377 g/mol. The van der Waals surface area contributed by atoms with Crippen LogP contribution in [0.15, 0.2) is 0 Å². The van der Waals surface area contributed by atoms with Gasteiger partial charge in [0, 0.05) is 5.41 Å². The van der Waals surface area contributed by atoms with Crippen molar-refractivity contribution >= 4 is 11.9 Å². The number of rotatable bonds is 4. The second-order valence-corrected chi connectivity index (χ2v) is 10.4. The van der Waals surface area contributed by atoms with Crippen LogP contribution in [0.3, 0.4) is 0 Å². The monoisotopic (exact) mass is 376 g/mol. The van der Waals surface area contributed by atoms with E-state index in [-0.39, 0.29) is 30.3 Å². The van der Waals surface area contributed by atoms with Crippen LogP contribution in [0.25, 0.3) is 0 Å². The Labute approximate surface area is 163 Å². The smallest absolute Gasteiger partial charge is 0.306 e. The van der Waals surface area contributed by atoms with Crippen LogP contribution in [0.1, 0.15) is 90.9 Å². The summed E-state index contributed by atoms with van der Waals surface area (Å²) < 4.78 is 5.84. The van der Waals surface area contributed by atoms with E-state index in [1.807, 2.05) is 0 Å². The lowest BCUT2D eigenvalue weighted by Gasteiger charge is -2.60. The number of esters is 1.